The summed E-state index contributed by atoms with van der Waals surface area (Å²) in [5.74, 6) is -0.903. The third kappa shape index (κ3) is 3.12. The van der Waals surface area contributed by atoms with Crippen molar-refractivity contribution in [3.05, 3.63) is 65.0 Å². The molecule has 23 heavy (non-hydrogen) atoms. The van der Waals surface area contributed by atoms with Gasteiger partial charge in [-0.2, -0.15) is 0 Å². The minimum atomic E-state index is -0.903. The highest BCUT2D eigenvalue weighted by atomic mass is 16.4. The van der Waals surface area contributed by atoms with Crippen LogP contribution in [0.2, 0.25) is 0 Å². The lowest BCUT2D eigenvalue weighted by Gasteiger charge is -2.12. The van der Waals surface area contributed by atoms with Gasteiger partial charge in [0.1, 0.15) is 0 Å². The molecule has 1 aromatic heterocycles. The van der Waals surface area contributed by atoms with Crippen molar-refractivity contribution in [3.8, 4) is 0 Å². The van der Waals surface area contributed by atoms with E-state index in [-0.39, 0.29) is 0 Å². The Hall–Kier alpha value is -2.59. The number of carbonyl (C=O) groups is 1. The Morgan fingerprint density at radius 2 is 2.09 bits per heavy atom. The maximum absolute atomic E-state index is 11.3. The second kappa shape index (κ2) is 6.26. The second-order valence-electron chi connectivity index (χ2n) is 5.94. The monoisotopic (exact) mass is 308 g/mol. The average molecular weight is 308 g/mol. The molecule has 1 aromatic carbocycles. The summed E-state index contributed by atoms with van der Waals surface area (Å²) in [6, 6.07) is 9.95. The summed E-state index contributed by atoms with van der Waals surface area (Å²) in [4.78, 5) is 13.4. The third-order valence-electron chi connectivity index (χ3n) is 3.96. The van der Waals surface area contributed by atoms with E-state index in [1.807, 2.05) is 43.1 Å². The molecule has 0 saturated heterocycles. The van der Waals surface area contributed by atoms with Crippen molar-refractivity contribution in [3.63, 3.8) is 0 Å². The highest BCUT2D eigenvalue weighted by Gasteiger charge is 2.18. The zero-order valence-electron chi connectivity index (χ0n) is 13.4. The molecule has 3 rings (SSSR count). The van der Waals surface area contributed by atoms with Crippen LogP contribution >= 0.6 is 0 Å². The molecule has 0 atom stereocenters. The van der Waals surface area contributed by atoms with Crippen LogP contribution in [0.25, 0.3) is 17.8 Å². The zero-order valence-corrected chi connectivity index (χ0v) is 13.4. The molecule has 0 saturated carbocycles. The number of benzene rings is 1. The third-order valence-corrected chi connectivity index (χ3v) is 3.96. The number of hydrogen-bond acceptors (Lipinski definition) is 2. The number of fused-ring (bicyclic) bond motifs is 2. The molecule has 1 aliphatic rings. The molecular formula is C19H20N2O2. The van der Waals surface area contributed by atoms with Crippen LogP contribution < -0.4 is 0 Å². The Bertz CT molecular complexity index is 797. The number of hydrogen-bond donors (Lipinski definition) is 1. The van der Waals surface area contributed by atoms with Gasteiger partial charge in [0.15, 0.2) is 0 Å². The van der Waals surface area contributed by atoms with Gasteiger partial charge in [-0.15, -0.1) is 0 Å². The first-order valence-electron chi connectivity index (χ1n) is 7.64. The summed E-state index contributed by atoms with van der Waals surface area (Å²) in [6.07, 6.45) is 8.72. The van der Waals surface area contributed by atoms with Gasteiger partial charge in [0.25, 0.3) is 0 Å². The summed E-state index contributed by atoms with van der Waals surface area (Å²) in [7, 11) is 4.10. The first-order chi connectivity index (χ1) is 11.1. The van der Waals surface area contributed by atoms with E-state index >= 15 is 0 Å². The molecule has 1 aliphatic heterocycles. The van der Waals surface area contributed by atoms with Crippen molar-refractivity contribution in [1.82, 2.24) is 9.47 Å². The Morgan fingerprint density at radius 1 is 1.30 bits per heavy atom. The van der Waals surface area contributed by atoms with Crippen molar-refractivity contribution in [2.45, 2.75) is 6.42 Å². The maximum Gasteiger partial charge on any atom is 0.337 e. The minimum absolute atomic E-state index is 0.308. The molecule has 0 radical (unpaired) electrons. The lowest BCUT2D eigenvalue weighted by atomic mass is 9.96. The van der Waals surface area contributed by atoms with E-state index in [0.717, 1.165) is 35.4 Å². The van der Waals surface area contributed by atoms with Crippen LogP contribution in [0.3, 0.4) is 0 Å². The van der Waals surface area contributed by atoms with Gasteiger partial charge in [-0.1, -0.05) is 30.3 Å². The topological polar surface area (TPSA) is 45.5 Å². The summed E-state index contributed by atoms with van der Waals surface area (Å²) in [6.45, 7) is 0.950. The van der Waals surface area contributed by atoms with Crippen LogP contribution in [0.1, 0.15) is 33.6 Å². The molecule has 4 heteroatoms. The highest BCUT2D eigenvalue weighted by Crippen LogP contribution is 2.32. The maximum atomic E-state index is 11.3. The van der Waals surface area contributed by atoms with Crippen LogP contribution in [0.15, 0.2) is 42.6 Å². The van der Waals surface area contributed by atoms with Gasteiger partial charge in [-0.25, -0.2) is 4.79 Å². The Kier molecular flexibility index (Phi) is 4.17. The molecule has 0 spiro atoms. The Balaban J connectivity index is 2.11. The lowest BCUT2D eigenvalue weighted by Crippen LogP contribution is -2.12. The molecular weight excluding hydrogens is 288 g/mol. The summed E-state index contributed by atoms with van der Waals surface area (Å²) < 4.78 is 1.89. The van der Waals surface area contributed by atoms with Gasteiger partial charge in [0, 0.05) is 24.5 Å². The molecule has 0 fully saturated rings. The number of aromatic carboxylic acids is 1. The van der Waals surface area contributed by atoms with Gasteiger partial charge in [0.05, 0.1) is 11.3 Å². The zero-order chi connectivity index (χ0) is 16.4. The van der Waals surface area contributed by atoms with Crippen molar-refractivity contribution in [2.75, 3.05) is 20.6 Å². The Morgan fingerprint density at radius 3 is 2.83 bits per heavy atom. The number of carboxylic acids is 1. The molecule has 2 heterocycles. The highest BCUT2D eigenvalue weighted by molar-refractivity contribution is 5.93. The van der Waals surface area contributed by atoms with Gasteiger partial charge in [-0.3, -0.25) is 0 Å². The van der Waals surface area contributed by atoms with E-state index < -0.39 is 5.97 Å². The van der Waals surface area contributed by atoms with E-state index in [0.29, 0.717) is 5.56 Å². The van der Waals surface area contributed by atoms with Crippen molar-refractivity contribution < 1.29 is 9.90 Å². The molecule has 118 valence electrons. The van der Waals surface area contributed by atoms with Gasteiger partial charge in [0.2, 0.25) is 0 Å². The van der Waals surface area contributed by atoms with Crippen LogP contribution in [0.4, 0.5) is 0 Å². The van der Waals surface area contributed by atoms with E-state index in [4.69, 9.17) is 0 Å². The standard InChI is InChI=1S/C19H20N2O2/c1-20(2)10-5-8-17-16-7-4-3-6-14(16)9-11-21-13-15(19(22)23)12-18(17)21/h3-4,6-9,11-13H,5,10H2,1-2H3,(H,22,23). The lowest BCUT2D eigenvalue weighted by molar-refractivity contribution is 0.0697. The molecule has 0 unspecified atom stereocenters. The van der Waals surface area contributed by atoms with E-state index in [1.54, 1.807) is 12.3 Å². The van der Waals surface area contributed by atoms with E-state index in [2.05, 4.69) is 23.1 Å². The predicted molar refractivity (Wildman–Crippen MR) is 93.3 cm³/mol. The van der Waals surface area contributed by atoms with Crippen molar-refractivity contribution in [1.29, 1.82) is 0 Å². The van der Waals surface area contributed by atoms with Crippen LogP contribution in [-0.2, 0) is 0 Å². The van der Waals surface area contributed by atoms with Gasteiger partial charge in [-0.05, 0) is 43.8 Å². The van der Waals surface area contributed by atoms with E-state index in [9.17, 15) is 9.90 Å². The largest absolute Gasteiger partial charge is 0.478 e. The molecule has 0 bridgehead atoms. The van der Waals surface area contributed by atoms with Crippen LogP contribution in [-0.4, -0.2) is 41.2 Å². The van der Waals surface area contributed by atoms with Crippen molar-refractivity contribution in [2.24, 2.45) is 0 Å². The van der Waals surface area contributed by atoms with E-state index in [1.165, 1.54) is 0 Å². The molecule has 0 amide bonds. The summed E-state index contributed by atoms with van der Waals surface area (Å²) in [5.41, 5.74) is 4.59. The van der Waals surface area contributed by atoms with Gasteiger partial charge < -0.3 is 14.6 Å². The minimum Gasteiger partial charge on any atom is -0.478 e. The number of aromatic nitrogens is 1. The SMILES string of the molecule is CN(C)CCC=C1c2ccccc2C=Cn2cc(C(=O)O)cc21. The van der Waals surface area contributed by atoms with Crippen LogP contribution in [0.5, 0.6) is 0 Å². The number of rotatable bonds is 4. The predicted octanol–water partition coefficient (Wildman–Crippen LogP) is 3.51. The molecule has 0 aliphatic carbocycles. The number of carboxylic acid groups (broad SMARTS) is 1. The normalized spacial score (nSPS) is 14.7. The summed E-state index contributed by atoms with van der Waals surface area (Å²) in [5, 5.41) is 9.27. The van der Waals surface area contributed by atoms with Crippen molar-refractivity contribution >= 4 is 23.8 Å². The second-order valence-corrected chi connectivity index (χ2v) is 5.94. The fourth-order valence-electron chi connectivity index (χ4n) is 2.80. The molecule has 1 N–H and O–H groups in total. The average Bonchev–Trinajstić information content (AvgIpc) is 2.88. The first kappa shape index (κ1) is 15.3. The molecule has 4 nitrogen and oxygen atoms in total. The fourth-order valence-corrected chi connectivity index (χ4v) is 2.80. The number of nitrogens with zero attached hydrogens (tertiary/aromatic N) is 2. The quantitative estimate of drug-likeness (QED) is 0.802. The summed E-state index contributed by atoms with van der Waals surface area (Å²) >= 11 is 0. The van der Waals surface area contributed by atoms with Crippen LogP contribution in [0, 0.1) is 0 Å². The van der Waals surface area contributed by atoms with Gasteiger partial charge >= 0.3 is 5.97 Å². The Labute approximate surface area is 136 Å². The molecule has 2 aromatic rings. The fraction of sp³-hybridized carbons (Fsp3) is 0.211. The first-order valence-corrected chi connectivity index (χ1v) is 7.64. The smallest absolute Gasteiger partial charge is 0.337 e.